The van der Waals surface area contributed by atoms with Gasteiger partial charge < -0.3 is 11.1 Å². The number of fused-ring (bicyclic) bond motifs is 1. The lowest BCUT2D eigenvalue weighted by Crippen LogP contribution is -2.35. The third-order valence-electron chi connectivity index (χ3n) is 4.04. The average molecular weight is 386 g/mol. The van der Waals surface area contributed by atoms with E-state index < -0.39 is 5.91 Å². The Bertz CT molecular complexity index is 741. The molecule has 2 aromatic rings. The number of carbonyl (C=O) groups is 2. The first-order valence-electron chi connectivity index (χ1n) is 7.50. The van der Waals surface area contributed by atoms with Crippen molar-refractivity contribution < 1.29 is 9.59 Å². The van der Waals surface area contributed by atoms with Crippen molar-refractivity contribution in [2.75, 3.05) is 11.9 Å². The molecule has 24 heavy (non-hydrogen) atoms. The SMILES string of the molecule is CC(C)N1CCc2c(sc(NC(=O)c3cccs3)c2C(N)=O)C1.Cl. The van der Waals surface area contributed by atoms with Gasteiger partial charge in [0.2, 0.25) is 0 Å². The molecule has 0 aromatic carbocycles. The second-order valence-electron chi connectivity index (χ2n) is 5.82. The van der Waals surface area contributed by atoms with Gasteiger partial charge in [-0.05, 0) is 37.3 Å². The molecule has 3 rings (SSSR count). The van der Waals surface area contributed by atoms with E-state index in [1.165, 1.54) is 22.7 Å². The van der Waals surface area contributed by atoms with Gasteiger partial charge in [0.25, 0.3) is 11.8 Å². The van der Waals surface area contributed by atoms with Gasteiger partial charge in [-0.25, -0.2) is 0 Å². The number of carbonyl (C=O) groups excluding carboxylic acids is 2. The highest BCUT2D eigenvalue weighted by atomic mass is 35.5. The maximum absolute atomic E-state index is 12.3. The van der Waals surface area contributed by atoms with E-state index >= 15 is 0 Å². The van der Waals surface area contributed by atoms with Gasteiger partial charge in [0.15, 0.2) is 0 Å². The number of nitrogens with one attached hydrogen (secondary N) is 1. The summed E-state index contributed by atoms with van der Waals surface area (Å²) in [5, 5.41) is 5.29. The molecule has 3 heterocycles. The summed E-state index contributed by atoms with van der Waals surface area (Å²) < 4.78 is 0. The van der Waals surface area contributed by atoms with Crippen molar-refractivity contribution in [3.8, 4) is 0 Å². The fraction of sp³-hybridized carbons (Fsp3) is 0.375. The normalized spacial score (nSPS) is 14.1. The summed E-state index contributed by atoms with van der Waals surface area (Å²) in [6.45, 7) is 6.02. The Morgan fingerprint density at radius 2 is 2.12 bits per heavy atom. The van der Waals surface area contributed by atoms with Crippen LogP contribution in [0, 0.1) is 0 Å². The zero-order valence-electron chi connectivity index (χ0n) is 13.5. The topological polar surface area (TPSA) is 75.4 Å². The van der Waals surface area contributed by atoms with E-state index in [0.717, 1.165) is 30.0 Å². The molecule has 8 heteroatoms. The maximum atomic E-state index is 12.3. The Morgan fingerprint density at radius 1 is 1.38 bits per heavy atom. The molecule has 0 radical (unpaired) electrons. The Labute approximate surface area is 155 Å². The van der Waals surface area contributed by atoms with Crippen molar-refractivity contribution in [2.24, 2.45) is 5.73 Å². The smallest absolute Gasteiger partial charge is 0.266 e. The molecule has 1 aliphatic rings. The van der Waals surface area contributed by atoms with Gasteiger partial charge >= 0.3 is 0 Å². The molecule has 2 aromatic heterocycles. The predicted molar refractivity (Wildman–Crippen MR) is 102 cm³/mol. The van der Waals surface area contributed by atoms with E-state index in [0.29, 0.717) is 21.5 Å². The highest BCUT2D eigenvalue weighted by Gasteiger charge is 2.28. The van der Waals surface area contributed by atoms with Crippen LogP contribution in [0.2, 0.25) is 0 Å². The summed E-state index contributed by atoms with van der Waals surface area (Å²) >= 11 is 2.84. The summed E-state index contributed by atoms with van der Waals surface area (Å²) in [5.74, 6) is -0.663. The third-order valence-corrected chi connectivity index (χ3v) is 6.04. The monoisotopic (exact) mass is 385 g/mol. The first-order valence-corrected chi connectivity index (χ1v) is 9.20. The highest BCUT2D eigenvalue weighted by Crippen LogP contribution is 2.37. The quantitative estimate of drug-likeness (QED) is 0.847. The van der Waals surface area contributed by atoms with E-state index in [4.69, 9.17) is 5.73 Å². The van der Waals surface area contributed by atoms with Crippen molar-refractivity contribution in [1.29, 1.82) is 0 Å². The average Bonchev–Trinajstić information content (AvgIpc) is 3.13. The molecule has 2 amide bonds. The van der Waals surface area contributed by atoms with Crippen LogP contribution in [0.3, 0.4) is 0 Å². The zero-order chi connectivity index (χ0) is 16.6. The molecule has 130 valence electrons. The summed E-state index contributed by atoms with van der Waals surface area (Å²) in [7, 11) is 0. The first kappa shape index (κ1) is 18.9. The van der Waals surface area contributed by atoms with Crippen LogP contribution in [0.1, 0.15) is 44.3 Å². The fourth-order valence-corrected chi connectivity index (χ4v) is 4.68. The molecule has 0 aliphatic carbocycles. The number of anilines is 1. The number of thiophene rings is 2. The molecule has 5 nitrogen and oxygen atoms in total. The van der Waals surface area contributed by atoms with E-state index in [-0.39, 0.29) is 18.3 Å². The van der Waals surface area contributed by atoms with Gasteiger partial charge in [0.05, 0.1) is 10.4 Å². The Balaban J connectivity index is 0.00000208. The van der Waals surface area contributed by atoms with Gasteiger partial charge in [-0.3, -0.25) is 14.5 Å². The van der Waals surface area contributed by atoms with Crippen molar-refractivity contribution in [3.05, 3.63) is 38.4 Å². The van der Waals surface area contributed by atoms with Gasteiger partial charge in [-0.1, -0.05) is 6.07 Å². The lowest BCUT2D eigenvalue weighted by Gasteiger charge is -2.30. The number of nitrogens with two attached hydrogens (primary N) is 1. The van der Waals surface area contributed by atoms with Gasteiger partial charge in [0.1, 0.15) is 5.00 Å². The van der Waals surface area contributed by atoms with Crippen molar-refractivity contribution >= 4 is 51.9 Å². The van der Waals surface area contributed by atoms with Crippen LogP contribution in [-0.4, -0.2) is 29.3 Å². The second kappa shape index (κ2) is 7.65. The van der Waals surface area contributed by atoms with E-state index in [9.17, 15) is 9.59 Å². The summed E-state index contributed by atoms with van der Waals surface area (Å²) in [6.07, 6.45) is 0.789. The largest absolute Gasteiger partial charge is 0.365 e. The molecule has 3 N–H and O–H groups in total. The number of hydrogen-bond donors (Lipinski definition) is 2. The molecule has 0 saturated heterocycles. The fourth-order valence-electron chi connectivity index (χ4n) is 2.79. The van der Waals surface area contributed by atoms with E-state index in [2.05, 4.69) is 24.1 Å². The van der Waals surface area contributed by atoms with Gasteiger partial charge in [0, 0.05) is 24.0 Å². The van der Waals surface area contributed by atoms with E-state index in [1.807, 2.05) is 11.4 Å². The summed E-state index contributed by atoms with van der Waals surface area (Å²) in [5.41, 5.74) is 7.06. The van der Waals surface area contributed by atoms with Crippen LogP contribution in [0.4, 0.5) is 5.00 Å². The second-order valence-corrected chi connectivity index (χ2v) is 7.87. The van der Waals surface area contributed by atoms with Crippen LogP contribution in [-0.2, 0) is 13.0 Å². The Kier molecular flexibility index (Phi) is 6.03. The van der Waals surface area contributed by atoms with Crippen molar-refractivity contribution in [3.63, 3.8) is 0 Å². The number of primary amides is 1. The summed E-state index contributed by atoms with van der Waals surface area (Å²) in [6, 6.07) is 4.04. The molecule has 1 aliphatic heterocycles. The van der Waals surface area contributed by atoms with Crippen molar-refractivity contribution in [1.82, 2.24) is 4.90 Å². The summed E-state index contributed by atoms with van der Waals surface area (Å²) in [4.78, 5) is 28.3. The lowest BCUT2D eigenvalue weighted by atomic mass is 10.0. The van der Waals surface area contributed by atoms with Crippen LogP contribution in [0.25, 0.3) is 0 Å². The maximum Gasteiger partial charge on any atom is 0.266 e. The minimum atomic E-state index is -0.470. The minimum absolute atomic E-state index is 0. The van der Waals surface area contributed by atoms with Crippen LogP contribution >= 0.6 is 35.1 Å². The number of rotatable bonds is 4. The lowest BCUT2D eigenvalue weighted by molar-refractivity contribution is 0.0999. The molecular weight excluding hydrogens is 366 g/mol. The number of hydrogen-bond acceptors (Lipinski definition) is 5. The van der Waals surface area contributed by atoms with Crippen molar-refractivity contribution in [2.45, 2.75) is 32.9 Å². The van der Waals surface area contributed by atoms with Crippen LogP contribution in [0.5, 0.6) is 0 Å². The van der Waals surface area contributed by atoms with Gasteiger partial charge in [-0.2, -0.15) is 0 Å². The van der Waals surface area contributed by atoms with Crippen LogP contribution in [0.15, 0.2) is 17.5 Å². The third kappa shape index (κ3) is 3.64. The standard InChI is InChI=1S/C16H19N3O2S2.ClH/c1-9(2)19-6-5-10-12(8-19)23-16(13(10)14(17)20)18-15(21)11-4-3-7-22-11;/h3-4,7,9H,5-6,8H2,1-2H3,(H2,17,20)(H,18,21);1H. The van der Waals surface area contributed by atoms with Gasteiger partial charge in [-0.15, -0.1) is 35.1 Å². The molecule has 0 spiro atoms. The highest BCUT2D eigenvalue weighted by molar-refractivity contribution is 7.17. The molecule has 0 fully saturated rings. The molecule has 0 saturated carbocycles. The molecule has 0 bridgehead atoms. The Morgan fingerprint density at radius 3 is 2.71 bits per heavy atom. The zero-order valence-corrected chi connectivity index (χ0v) is 15.9. The first-order chi connectivity index (χ1) is 11.0. The predicted octanol–water partition coefficient (Wildman–Crippen LogP) is 3.35. The van der Waals surface area contributed by atoms with Crippen LogP contribution < -0.4 is 11.1 Å². The number of halogens is 1. The Hall–Kier alpha value is -1.41. The number of nitrogens with zero attached hydrogens (tertiary/aromatic N) is 1. The molecule has 0 atom stereocenters. The number of amides is 2. The molecule has 0 unspecified atom stereocenters. The minimum Gasteiger partial charge on any atom is -0.365 e. The molecular formula is C16H20ClN3O2S2. The van der Waals surface area contributed by atoms with E-state index in [1.54, 1.807) is 6.07 Å².